The molecule has 1 unspecified atom stereocenters. The Hall–Kier alpha value is -4.50. The summed E-state index contributed by atoms with van der Waals surface area (Å²) in [6.07, 6.45) is 4.80. The van der Waals surface area contributed by atoms with E-state index >= 15 is 0 Å². The summed E-state index contributed by atoms with van der Waals surface area (Å²) in [7, 11) is 0. The van der Waals surface area contributed by atoms with Crippen molar-refractivity contribution in [2.75, 3.05) is 31.1 Å². The molecule has 44 heavy (non-hydrogen) atoms. The maximum atomic E-state index is 14.2. The predicted octanol–water partition coefficient (Wildman–Crippen LogP) is 5.87. The number of benzene rings is 3. The summed E-state index contributed by atoms with van der Waals surface area (Å²) in [6, 6.07) is 23.4. The van der Waals surface area contributed by atoms with Crippen LogP contribution in [0.1, 0.15) is 40.0 Å². The van der Waals surface area contributed by atoms with E-state index < -0.39 is 24.2 Å². The summed E-state index contributed by atoms with van der Waals surface area (Å²) in [4.78, 5) is 38.5. The molecule has 228 valence electrons. The number of para-hydroxylation sites is 1. The van der Waals surface area contributed by atoms with E-state index in [0.717, 1.165) is 24.0 Å². The number of aryl methyl sites for hydroxylation is 2. The standard InChI is InChI=1S/C34H34ClFN4O4/c35-26-15-12-25(13-16-26)18-20-39(22-32(41)42)33(43)28-21-37-34(38-30(28)17-14-24-7-2-1-3-8-24)40-19-6-9-27(40)23-44-31-11-5-4-10-29(31)36/h1-5,7-8,10-13,15-16,21,27H,6,9,14,17-20,22-23H2,(H,41,42). The molecule has 0 saturated carbocycles. The van der Waals surface area contributed by atoms with Crippen molar-refractivity contribution in [3.05, 3.63) is 118 Å². The lowest BCUT2D eigenvalue weighted by atomic mass is 10.0. The van der Waals surface area contributed by atoms with Crippen LogP contribution in [-0.4, -0.2) is 64.1 Å². The number of amides is 1. The Morgan fingerprint density at radius 3 is 2.45 bits per heavy atom. The third kappa shape index (κ3) is 8.11. The number of carbonyl (C=O) groups is 2. The lowest BCUT2D eigenvalue weighted by molar-refractivity contribution is -0.137. The van der Waals surface area contributed by atoms with Gasteiger partial charge in [-0.15, -0.1) is 0 Å². The number of carboxylic acids is 1. The Balaban J connectivity index is 1.39. The molecule has 0 bridgehead atoms. The molecule has 1 aliphatic rings. The van der Waals surface area contributed by atoms with E-state index in [4.69, 9.17) is 21.3 Å². The van der Waals surface area contributed by atoms with Crippen LogP contribution in [0.4, 0.5) is 10.3 Å². The van der Waals surface area contributed by atoms with Crippen LogP contribution in [0.5, 0.6) is 5.75 Å². The van der Waals surface area contributed by atoms with Crippen LogP contribution in [0.15, 0.2) is 85.1 Å². The summed E-state index contributed by atoms with van der Waals surface area (Å²) >= 11 is 6.00. The predicted molar refractivity (Wildman–Crippen MR) is 167 cm³/mol. The van der Waals surface area contributed by atoms with Crippen molar-refractivity contribution in [1.29, 1.82) is 0 Å². The number of nitrogens with zero attached hydrogens (tertiary/aromatic N) is 4. The zero-order valence-electron chi connectivity index (χ0n) is 24.2. The fraction of sp³-hybridized carbons (Fsp3) is 0.294. The molecule has 1 aliphatic heterocycles. The summed E-state index contributed by atoms with van der Waals surface area (Å²) in [6.45, 7) is 0.715. The van der Waals surface area contributed by atoms with E-state index in [1.54, 1.807) is 30.3 Å². The smallest absolute Gasteiger partial charge is 0.323 e. The monoisotopic (exact) mass is 616 g/mol. The van der Waals surface area contributed by atoms with Crippen LogP contribution in [0.25, 0.3) is 0 Å². The minimum atomic E-state index is -1.10. The Bertz CT molecular complexity index is 1570. The topological polar surface area (TPSA) is 95.9 Å². The molecule has 4 aromatic rings. The first-order valence-electron chi connectivity index (χ1n) is 14.7. The second kappa shape index (κ2) is 14.8. The molecule has 1 atom stereocenters. The van der Waals surface area contributed by atoms with Crippen LogP contribution < -0.4 is 9.64 Å². The number of anilines is 1. The minimum absolute atomic E-state index is 0.0685. The molecular weight excluding hydrogens is 583 g/mol. The summed E-state index contributed by atoms with van der Waals surface area (Å²) < 4.78 is 20.0. The van der Waals surface area contributed by atoms with Crippen molar-refractivity contribution in [3.8, 4) is 5.75 Å². The molecule has 0 radical (unpaired) electrons. The maximum Gasteiger partial charge on any atom is 0.323 e. The van der Waals surface area contributed by atoms with E-state index in [1.807, 2.05) is 47.4 Å². The fourth-order valence-corrected chi connectivity index (χ4v) is 5.47. The van der Waals surface area contributed by atoms with Crippen LogP contribution >= 0.6 is 11.6 Å². The summed E-state index contributed by atoms with van der Waals surface area (Å²) in [5, 5.41) is 10.2. The fourth-order valence-electron chi connectivity index (χ4n) is 5.34. The second-order valence-corrected chi connectivity index (χ2v) is 11.2. The molecule has 0 aliphatic carbocycles. The van der Waals surface area contributed by atoms with Crippen LogP contribution in [-0.2, 0) is 24.1 Å². The van der Waals surface area contributed by atoms with E-state index in [0.29, 0.717) is 42.5 Å². The van der Waals surface area contributed by atoms with Gasteiger partial charge in [0.2, 0.25) is 5.95 Å². The first kappa shape index (κ1) is 30.9. The number of rotatable bonds is 13. The molecular formula is C34H34ClFN4O4. The van der Waals surface area contributed by atoms with Crippen molar-refractivity contribution >= 4 is 29.4 Å². The van der Waals surface area contributed by atoms with E-state index in [-0.39, 0.29) is 30.5 Å². The number of hydrogen-bond donors (Lipinski definition) is 1. The Morgan fingerprint density at radius 1 is 0.977 bits per heavy atom. The average molecular weight is 617 g/mol. The van der Waals surface area contributed by atoms with Gasteiger partial charge in [0.1, 0.15) is 13.2 Å². The van der Waals surface area contributed by atoms with E-state index in [9.17, 15) is 19.1 Å². The number of carbonyl (C=O) groups excluding carboxylic acids is 1. The van der Waals surface area contributed by atoms with Gasteiger partial charge in [0.25, 0.3) is 5.91 Å². The molecule has 1 saturated heterocycles. The molecule has 1 aromatic heterocycles. The minimum Gasteiger partial charge on any atom is -0.488 e. The van der Waals surface area contributed by atoms with Crippen molar-refractivity contribution in [2.24, 2.45) is 0 Å². The van der Waals surface area contributed by atoms with Gasteiger partial charge in [-0.25, -0.2) is 14.4 Å². The Morgan fingerprint density at radius 2 is 1.70 bits per heavy atom. The highest BCUT2D eigenvalue weighted by molar-refractivity contribution is 6.30. The van der Waals surface area contributed by atoms with Gasteiger partial charge in [0.05, 0.1) is 17.3 Å². The highest BCUT2D eigenvalue weighted by atomic mass is 35.5. The van der Waals surface area contributed by atoms with Gasteiger partial charge < -0.3 is 19.6 Å². The molecule has 5 rings (SSSR count). The summed E-state index contributed by atoms with van der Waals surface area (Å²) in [5.41, 5.74) is 2.85. The van der Waals surface area contributed by atoms with Gasteiger partial charge in [-0.3, -0.25) is 9.59 Å². The number of ether oxygens (including phenoxy) is 1. The average Bonchev–Trinajstić information content (AvgIpc) is 3.51. The zero-order chi connectivity index (χ0) is 30.9. The molecule has 1 N–H and O–H groups in total. The molecule has 3 aromatic carbocycles. The number of aromatic nitrogens is 2. The number of hydrogen-bond acceptors (Lipinski definition) is 6. The second-order valence-electron chi connectivity index (χ2n) is 10.7. The molecule has 1 amide bonds. The van der Waals surface area contributed by atoms with Gasteiger partial charge in [-0.1, -0.05) is 66.2 Å². The van der Waals surface area contributed by atoms with E-state index in [1.165, 1.54) is 17.2 Å². The van der Waals surface area contributed by atoms with Gasteiger partial charge >= 0.3 is 5.97 Å². The molecule has 10 heteroatoms. The molecule has 2 heterocycles. The van der Waals surface area contributed by atoms with Crippen LogP contribution in [0.3, 0.4) is 0 Å². The number of halogens is 2. The third-order valence-corrected chi connectivity index (χ3v) is 7.93. The Labute approximate surface area is 261 Å². The van der Waals surface area contributed by atoms with E-state index in [2.05, 4.69) is 4.98 Å². The number of aliphatic carboxylic acids is 1. The first-order valence-corrected chi connectivity index (χ1v) is 15.0. The SMILES string of the molecule is O=C(O)CN(CCc1ccc(Cl)cc1)C(=O)c1cnc(N2CCCC2COc2ccccc2F)nc1CCc1ccccc1. The quantitative estimate of drug-likeness (QED) is 0.201. The molecule has 8 nitrogen and oxygen atoms in total. The lowest BCUT2D eigenvalue weighted by Crippen LogP contribution is -2.39. The van der Waals surface area contributed by atoms with Gasteiger partial charge in [0.15, 0.2) is 11.6 Å². The van der Waals surface area contributed by atoms with Gasteiger partial charge in [-0.2, -0.15) is 0 Å². The zero-order valence-corrected chi connectivity index (χ0v) is 25.0. The van der Waals surface area contributed by atoms with Crippen molar-refractivity contribution in [2.45, 2.75) is 38.1 Å². The third-order valence-electron chi connectivity index (χ3n) is 7.68. The highest BCUT2D eigenvalue weighted by Crippen LogP contribution is 2.26. The summed E-state index contributed by atoms with van der Waals surface area (Å²) in [5.74, 6) is -1.29. The normalized spacial score (nSPS) is 14.4. The Kier molecular flexibility index (Phi) is 10.4. The van der Waals surface area contributed by atoms with Gasteiger partial charge in [-0.05, 0) is 67.5 Å². The lowest BCUT2D eigenvalue weighted by Gasteiger charge is -2.26. The molecule has 1 fully saturated rings. The largest absolute Gasteiger partial charge is 0.488 e. The maximum absolute atomic E-state index is 14.2. The highest BCUT2D eigenvalue weighted by Gasteiger charge is 2.30. The van der Waals surface area contributed by atoms with Crippen LogP contribution in [0, 0.1) is 5.82 Å². The van der Waals surface area contributed by atoms with Crippen molar-refractivity contribution in [1.82, 2.24) is 14.9 Å². The first-order chi connectivity index (χ1) is 21.4. The van der Waals surface area contributed by atoms with Crippen molar-refractivity contribution in [3.63, 3.8) is 0 Å². The van der Waals surface area contributed by atoms with Crippen LogP contribution in [0.2, 0.25) is 5.02 Å². The van der Waals surface area contributed by atoms with Gasteiger partial charge in [0, 0.05) is 24.3 Å². The van der Waals surface area contributed by atoms with Crippen molar-refractivity contribution < 1.29 is 23.8 Å². The number of carboxylic acid groups (broad SMARTS) is 1. The molecule has 0 spiro atoms.